The number of hydrogen-bond acceptors (Lipinski definition) is 2. The molecule has 14 heavy (non-hydrogen) atoms. The maximum absolute atomic E-state index is 10.7. The van der Waals surface area contributed by atoms with E-state index in [1.807, 2.05) is 0 Å². The van der Waals surface area contributed by atoms with Gasteiger partial charge >= 0.3 is 5.97 Å². The van der Waals surface area contributed by atoms with Gasteiger partial charge in [-0.25, -0.2) is 0 Å². The third kappa shape index (κ3) is 3.29. The average Bonchev–Trinajstić information content (AvgIpc) is 2.08. The summed E-state index contributed by atoms with van der Waals surface area (Å²) in [5.41, 5.74) is 0.447. The fraction of sp³-hybridized carbons (Fsp3) is 0.909. The molecule has 1 aliphatic heterocycles. The molecule has 0 aromatic rings. The molecule has 0 aromatic carbocycles. The van der Waals surface area contributed by atoms with Gasteiger partial charge in [-0.3, -0.25) is 4.79 Å². The van der Waals surface area contributed by atoms with Gasteiger partial charge < -0.3 is 10.0 Å². The number of rotatable bonds is 3. The number of carbonyl (C=O) groups is 1. The zero-order chi connectivity index (χ0) is 10.8. The van der Waals surface area contributed by atoms with Crippen molar-refractivity contribution in [3.63, 3.8) is 0 Å². The number of aliphatic carboxylic acids is 1. The zero-order valence-electron chi connectivity index (χ0n) is 9.42. The van der Waals surface area contributed by atoms with Crippen molar-refractivity contribution in [2.75, 3.05) is 19.6 Å². The first-order valence-electron chi connectivity index (χ1n) is 5.36. The summed E-state index contributed by atoms with van der Waals surface area (Å²) in [6.07, 6.45) is 2.36. The first-order valence-corrected chi connectivity index (χ1v) is 5.36. The molecule has 0 saturated carbocycles. The molecule has 1 heterocycles. The largest absolute Gasteiger partial charge is 0.481 e. The molecule has 1 rings (SSSR count). The SMILES string of the molecule is CC(CN1CCC(C)(C)CC1)C(=O)O. The first-order chi connectivity index (χ1) is 6.41. The Bertz CT molecular complexity index is 203. The van der Waals surface area contributed by atoms with E-state index in [-0.39, 0.29) is 5.92 Å². The molecule has 0 bridgehead atoms. The summed E-state index contributed by atoms with van der Waals surface area (Å²) in [7, 11) is 0. The van der Waals surface area contributed by atoms with Crippen LogP contribution in [0.4, 0.5) is 0 Å². The predicted octanol–water partition coefficient (Wildman–Crippen LogP) is 1.83. The number of likely N-dealkylation sites (tertiary alicyclic amines) is 1. The summed E-state index contributed by atoms with van der Waals surface area (Å²) < 4.78 is 0. The van der Waals surface area contributed by atoms with Gasteiger partial charge in [0, 0.05) is 6.54 Å². The van der Waals surface area contributed by atoms with E-state index in [1.54, 1.807) is 6.92 Å². The highest BCUT2D eigenvalue weighted by Crippen LogP contribution is 2.29. The van der Waals surface area contributed by atoms with Crippen LogP contribution in [0, 0.1) is 11.3 Å². The highest BCUT2D eigenvalue weighted by molar-refractivity contribution is 5.69. The van der Waals surface area contributed by atoms with Crippen molar-refractivity contribution >= 4 is 5.97 Å². The maximum Gasteiger partial charge on any atom is 0.307 e. The van der Waals surface area contributed by atoms with E-state index in [1.165, 1.54) is 12.8 Å². The molecule has 1 atom stereocenters. The number of hydrogen-bond donors (Lipinski definition) is 1. The van der Waals surface area contributed by atoms with E-state index < -0.39 is 5.97 Å². The molecular weight excluding hydrogens is 178 g/mol. The topological polar surface area (TPSA) is 40.5 Å². The lowest BCUT2D eigenvalue weighted by atomic mass is 9.82. The van der Waals surface area contributed by atoms with Gasteiger partial charge in [0.1, 0.15) is 0 Å². The Morgan fingerprint density at radius 1 is 1.43 bits per heavy atom. The molecule has 3 nitrogen and oxygen atoms in total. The van der Waals surface area contributed by atoms with E-state index in [4.69, 9.17) is 5.11 Å². The molecular formula is C11H21NO2. The Morgan fingerprint density at radius 2 is 1.93 bits per heavy atom. The second kappa shape index (κ2) is 4.30. The summed E-state index contributed by atoms with van der Waals surface area (Å²) in [6, 6.07) is 0. The van der Waals surface area contributed by atoms with Gasteiger partial charge in [-0.15, -0.1) is 0 Å². The van der Waals surface area contributed by atoms with Crippen LogP contribution in [0.2, 0.25) is 0 Å². The molecule has 1 fully saturated rings. The Balaban J connectivity index is 2.32. The molecule has 0 aliphatic carbocycles. The summed E-state index contributed by atoms with van der Waals surface area (Å²) >= 11 is 0. The van der Waals surface area contributed by atoms with Crippen molar-refractivity contribution in [3.05, 3.63) is 0 Å². The van der Waals surface area contributed by atoms with Gasteiger partial charge in [-0.05, 0) is 31.3 Å². The van der Waals surface area contributed by atoms with Gasteiger partial charge in [0.2, 0.25) is 0 Å². The second-order valence-electron chi connectivity index (χ2n) is 5.20. The van der Waals surface area contributed by atoms with E-state index in [2.05, 4.69) is 18.7 Å². The van der Waals surface area contributed by atoms with Gasteiger partial charge in [0.15, 0.2) is 0 Å². The van der Waals surface area contributed by atoms with Crippen LogP contribution in [0.15, 0.2) is 0 Å². The lowest BCUT2D eigenvalue weighted by molar-refractivity contribution is -0.141. The summed E-state index contributed by atoms with van der Waals surface area (Å²) in [4.78, 5) is 12.9. The van der Waals surface area contributed by atoms with E-state index in [0.717, 1.165) is 13.1 Å². The quantitative estimate of drug-likeness (QED) is 0.754. The van der Waals surface area contributed by atoms with Gasteiger partial charge in [-0.2, -0.15) is 0 Å². The van der Waals surface area contributed by atoms with Crippen LogP contribution in [-0.2, 0) is 4.79 Å². The molecule has 0 spiro atoms. The minimum Gasteiger partial charge on any atom is -0.481 e. The first kappa shape index (κ1) is 11.5. The summed E-state index contributed by atoms with van der Waals surface area (Å²) in [5, 5.41) is 8.79. The number of nitrogens with zero attached hydrogens (tertiary/aromatic N) is 1. The van der Waals surface area contributed by atoms with Crippen molar-refractivity contribution in [1.82, 2.24) is 4.90 Å². The Hall–Kier alpha value is -0.570. The minimum atomic E-state index is -0.685. The lowest BCUT2D eigenvalue weighted by Crippen LogP contribution is -2.40. The normalized spacial score (nSPS) is 24.5. The molecule has 0 aromatic heterocycles. The maximum atomic E-state index is 10.7. The summed E-state index contributed by atoms with van der Waals surface area (Å²) in [6.45, 7) is 9.14. The van der Waals surface area contributed by atoms with E-state index in [9.17, 15) is 4.79 Å². The summed E-state index contributed by atoms with van der Waals surface area (Å²) in [5.74, 6) is -0.925. The molecule has 1 N–H and O–H groups in total. The number of piperidine rings is 1. The minimum absolute atomic E-state index is 0.240. The molecule has 1 aliphatic rings. The Labute approximate surface area is 86.1 Å². The average molecular weight is 199 g/mol. The van der Waals surface area contributed by atoms with Crippen molar-refractivity contribution in [2.45, 2.75) is 33.6 Å². The Morgan fingerprint density at radius 3 is 2.36 bits per heavy atom. The fourth-order valence-corrected chi connectivity index (χ4v) is 1.81. The molecule has 1 saturated heterocycles. The molecule has 0 radical (unpaired) electrons. The van der Waals surface area contributed by atoms with Crippen LogP contribution >= 0.6 is 0 Å². The van der Waals surface area contributed by atoms with Gasteiger partial charge in [-0.1, -0.05) is 20.8 Å². The van der Waals surface area contributed by atoms with Crippen LogP contribution in [0.3, 0.4) is 0 Å². The predicted molar refractivity (Wildman–Crippen MR) is 56.3 cm³/mol. The lowest BCUT2D eigenvalue weighted by Gasteiger charge is -2.37. The van der Waals surface area contributed by atoms with E-state index >= 15 is 0 Å². The van der Waals surface area contributed by atoms with Crippen molar-refractivity contribution in [1.29, 1.82) is 0 Å². The highest BCUT2D eigenvalue weighted by Gasteiger charge is 2.26. The van der Waals surface area contributed by atoms with Crippen molar-refractivity contribution in [3.8, 4) is 0 Å². The van der Waals surface area contributed by atoms with Crippen molar-refractivity contribution in [2.24, 2.45) is 11.3 Å². The number of carboxylic acid groups (broad SMARTS) is 1. The standard InChI is InChI=1S/C11H21NO2/c1-9(10(13)14)8-12-6-4-11(2,3)5-7-12/h9H,4-8H2,1-3H3,(H,13,14). The van der Waals surface area contributed by atoms with Crippen LogP contribution in [0.1, 0.15) is 33.6 Å². The van der Waals surface area contributed by atoms with Crippen LogP contribution in [-0.4, -0.2) is 35.6 Å². The molecule has 1 unspecified atom stereocenters. The molecule has 3 heteroatoms. The van der Waals surface area contributed by atoms with Crippen molar-refractivity contribution < 1.29 is 9.90 Å². The smallest absolute Gasteiger partial charge is 0.307 e. The monoisotopic (exact) mass is 199 g/mol. The zero-order valence-corrected chi connectivity index (χ0v) is 9.42. The number of carboxylic acids is 1. The third-order valence-corrected chi connectivity index (χ3v) is 3.16. The highest BCUT2D eigenvalue weighted by atomic mass is 16.4. The van der Waals surface area contributed by atoms with Crippen LogP contribution in [0.5, 0.6) is 0 Å². The van der Waals surface area contributed by atoms with Crippen LogP contribution < -0.4 is 0 Å². The van der Waals surface area contributed by atoms with Gasteiger partial charge in [0.05, 0.1) is 5.92 Å². The van der Waals surface area contributed by atoms with Gasteiger partial charge in [0.25, 0.3) is 0 Å². The fourth-order valence-electron chi connectivity index (χ4n) is 1.81. The molecule has 0 amide bonds. The van der Waals surface area contributed by atoms with E-state index in [0.29, 0.717) is 12.0 Å². The second-order valence-corrected chi connectivity index (χ2v) is 5.20. The molecule has 82 valence electrons. The van der Waals surface area contributed by atoms with Crippen LogP contribution in [0.25, 0.3) is 0 Å². The Kier molecular flexibility index (Phi) is 3.53. The third-order valence-electron chi connectivity index (χ3n) is 3.16.